The number of nitrogens with one attached hydrogen (secondary N) is 1. The van der Waals surface area contributed by atoms with Gasteiger partial charge >= 0.3 is 0 Å². The topological polar surface area (TPSA) is 84.9 Å². The molecule has 0 atom stereocenters. The van der Waals surface area contributed by atoms with Crippen molar-refractivity contribution in [3.8, 4) is 11.5 Å². The Hall–Kier alpha value is -2.45. The predicted octanol–water partition coefficient (Wildman–Crippen LogP) is 2.91. The molecule has 1 N–H and O–H groups in total. The summed E-state index contributed by atoms with van der Waals surface area (Å²) in [5.41, 5.74) is 0.808. The molecular weight excluding hydrogens is 392 g/mol. The molecule has 0 aliphatic carbocycles. The zero-order valence-corrected chi connectivity index (χ0v) is 16.2. The van der Waals surface area contributed by atoms with Crippen molar-refractivity contribution in [2.45, 2.75) is 6.42 Å². The van der Waals surface area contributed by atoms with Crippen molar-refractivity contribution < 1.29 is 22.7 Å². The zero-order chi connectivity index (χ0) is 19.4. The highest BCUT2D eigenvalue weighted by atomic mass is 35.5. The van der Waals surface area contributed by atoms with Crippen molar-refractivity contribution >= 4 is 38.9 Å². The number of amides is 1. The third-order valence-electron chi connectivity index (χ3n) is 3.82. The van der Waals surface area contributed by atoms with Gasteiger partial charge in [0, 0.05) is 23.2 Å². The molecule has 2 aromatic rings. The quantitative estimate of drug-likeness (QED) is 0.819. The molecule has 144 valence electrons. The molecule has 1 heterocycles. The molecule has 27 heavy (non-hydrogen) atoms. The van der Waals surface area contributed by atoms with Crippen molar-refractivity contribution in [1.82, 2.24) is 0 Å². The summed E-state index contributed by atoms with van der Waals surface area (Å²) in [6.45, 7) is 0.719. The van der Waals surface area contributed by atoms with E-state index in [2.05, 4.69) is 5.32 Å². The lowest BCUT2D eigenvalue weighted by molar-refractivity contribution is -0.114. The Bertz CT molecular complexity index is 949. The molecule has 1 aliphatic heterocycles. The number of sulfonamides is 1. The van der Waals surface area contributed by atoms with Crippen LogP contribution in [0.4, 0.5) is 11.4 Å². The molecule has 0 radical (unpaired) electrons. The Balaban J connectivity index is 1.76. The highest BCUT2D eigenvalue weighted by Gasteiger charge is 2.21. The summed E-state index contributed by atoms with van der Waals surface area (Å²) in [5.74, 6) is 0.664. The number of rotatable bonds is 5. The van der Waals surface area contributed by atoms with E-state index >= 15 is 0 Å². The molecule has 3 rings (SSSR count). The van der Waals surface area contributed by atoms with Crippen molar-refractivity contribution in [2.24, 2.45) is 0 Å². The molecule has 0 unspecified atom stereocenters. The molecule has 0 bridgehead atoms. The van der Waals surface area contributed by atoms with Crippen LogP contribution in [-0.4, -0.2) is 40.3 Å². The van der Waals surface area contributed by atoms with Gasteiger partial charge in [0.2, 0.25) is 15.9 Å². The van der Waals surface area contributed by atoms with Crippen molar-refractivity contribution in [1.29, 1.82) is 0 Å². The Morgan fingerprint density at radius 2 is 1.89 bits per heavy atom. The fourth-order valence-electron chi connectivity index (χ4n) is 2.60. The van der Waals surface area contributed by atoms with Gasteiger partial charge in [0.15, 0.2) is 11.5 Å². The van der Waals surface area contributed by atoms with Crippen LogP contribution in [0.3, 0.4) is 0 Å². The van der Waals surface area contributed by atoms with E-state index in [0.29, 0.717) is 41.1 Å². The van der Waals surface area contributed by atoms with Crippen LogP contribution in [-0.2, 0) is 14.8 Å². The smallest absolute Gasteiger partial charge is 0.245 e. The highest BCUT2D eigenvalue weighted by Crippen LogP contribution is 2.32. The summed E-state index contributed by atoms with van der Waals surface area (Å²) >= 11 is 5.94. The van der Waals surface area contributed by atoms with Gasteiger partial charge in [0.05, 0.1) is 25.2 Å². The minimum atomic E-state index is -3.67. The van der Waals surface area contributed by atoms with E-state index < -0.39 is 15.9 Å². The highest BCUT2D eigenvalue weighted by molar-refractivity contribution is 7.92. The van der Waals surface area contributed by atoms with Crippen LogP contribution in [0.1, 0.15) is 6.42 Å². The van der Waals surface area contributed by atoms with Gasteiger partial charge in [-0.15, -0.1) is 0 Å². The van der Waals surface area contributed by atoms with Crippen LogP contribution >= 0.6 is 11.6 Å². The van der Waals surface area contributed by atoms with E-state index in [1.165, 1.54) is 6.07 Å². The minimum Gasteiger partial charge on any atom is -0.490 e. The van der Waals surface area contributed by atoms with E-state index in [0.717, 1.165) is 17.0 Å². The lowest BCUT2D eigenvalue weighted by Crippen LogP contribution is -2.37. The molecule has 0 saturated carbocycles. The summed E-state index contributed by atoms with van der Waals surface area (Å²) in [4.78, 5) is 12.4. The second kappa shape index (κ2) is 8.06. The summed E-state index contributed by atoms with van der Waals surface area (Å²) in [6.07, 6.45) is 1.81. The van der Waals surface area contributed by atoms with Gasteiger partial charge in [-0.1, -0.05) is 17.7 Å². The predicted molar refractivity (Wildman–Crippen MR) is 104 cm³/mol. The van der Waals surface area contributed by atoms with Gasteiger partial charge in [0.25, 0.3) is 0 Å². The van der Waals surface area contributed by atoms with E-state index in [-0.39, 0.29) is 6.54 Å². The molecule has 0 fully saturated rings. The van der Waals surface area contributed by atoms with E-state index in [1.54, 1.807) is 36.4 Å². The summed E-state index contributed by atoms with van der Waals surface area (Å²) in [5, 5.41) is 3.06. The number of hydrogen-bond acceptors (Lipinski definition) is 5. The fourth-order valence-corrected chi connectivity index (χ4v) is 3.64. The fraction of sp³-hybridized carbons (Fsp3) is 0.278. The summed E-state index contributed by atoms with van der Waals surface area (Å²) < 4.78 is 36.4. The van der Waals surface area contributed by atoms with E-state index in [9.17, 15) is 13.2 Å². The summed E-state index contributed by atoms with van der Waals surface area (Å²) in [7, 11) is -3.67. The van der Waals surface area contributed by atoms with Gasteiger partial charge in [-0.05, 0) is 30.3 Å². The number of carbonyl (C=O) groups excluding carboxylic acids is 1. The SMILES string of the molecule is CS(=O)(=O)N(CC(=O)Nc1ccc2c(c1)OCCCO2)c1cccc(Cl)c1. The Labute approximate surface area is 162 Å². The molecule has 1 aliphatic rings. The number of hydrogen-bond donors (Lipinski definition) is 1. The largest absolute Gasteiger partial charge is 0.490 e. The van der Waals surface area contributed by atoms with Crippen LogP contribution in [0, 0.1) is 0 Å². The number of ether oxygens (including phenoxy) is 2. The van der Waals surface area contributed by atoms with Gasteiger partial charge < -0.3 is 14.8 Å². The lowest BCUT2D eigenvalue weighted by Gasteiger charge is -2.22. The molecule has 0 saturated heterocycles. The van der Waals surface area contributed by atoms with E-state index in [1.807, 2.05) is 0 Å². The minimum absolute atomic E-state index is 0.318. The average Bonchev–Trinajstić information content (AvgIpc) is 2.83. The average molecular weight is 411 g/mol. The van der Waals surface area contributed by atoms with Crippen LogP contribution in [0.25, 0.3) is 0 Å². The summed E-state index contributed by atoms with van der Waals surface area (Å²) in [6, 6.07) is 11.4. The van der Waals surface area contributed by atoms with Crippen molar-refractivity contribution in [2.75, 3.05) is 35.6 Å². The number of anilines is 2. The van der Waals surface area contributed by atoms with Gasteiger partial charge in [0.1, 0.15) is 6.54 Å². The van der Waals surface area contributed by atoms with Gasteiger partial charge in [-0.25, -0.2) is 8.42 Å². The lowest BCUT2D eigenvalue weighted by atomic mass is 10.2. The second-order valence-electron chi connectivity index (χ2n) is 6.01. The normalized spacial score (nSPS) is 13.6. The van der Waals surface area contributed by atoms with Crippen molar-refractivity contribution in [3.63, 3.8) is 0 Å². The van der Waals surface area contributed by atoms with Crippen LogP contribution < -0.4 is 19.1 Å². The van der Waals surface area contributed by atoms with Gasteiger partial charge in [-0.3, -0.25) is 9.10 Å². The second-order valence-corrected chi connectivity index (χ2v) is 8.35. The van der Waals surface area contributed by atoms with Crippen molar-refractivity contribution in [3.05, 3.63) is 47.5 Å². The first-order valence-corrected chi connectivity index (χ1v) is 10.5. The first-order chi connectivity index (χ1) is 12.8. The Morgan fingerprint density at radius 3 is 2.59 bits per heavy atom. The zero-order valence-electron chi connectivity index (χ0n) is 14.6. The maximum atomic E-state index is 12.4. The first-order valence-electron chi connectivity index (χ1n) is 8.26. The molecule has 9 heteroatoms. The number of nitrogens with zero attached hydrogens (tertiary/aromatic N) is 1. The van der Waals surface area contributed by atoms with Crippen LogP contribution in [0.5, 0.6) is 11.5 Å². The molecular formula is C18H19ClN2O5S. The monoisotopic (exact) mass is 410 g/mol. The van der Waals surface area contributed by atoms with Gasteiger partial charge in [-0.2, -0.15) is 0 Å². The standard InChI is InChI=1S/C18H19ClN2O5S/c1-27(23,24)21(15-5-2-4-13(19)10-15)12-18(22)20-14-6-7-16-17(11-14)26-9-3-8-25-16/h2,4-7,10-11H,3,8-9,12H2,1H3,(H,20,22). The molecule has 0 aromatic heterocycles. The number of fused-ring (bicyclic) bond motifs is 1. The van der Waals surface area contributed by atoms with Crippen LogP contribution in [0.15, 0.2) is 42.5 Å². The van der Waals surface area contributed by atoms with E-state index in [4.69, 9.17) is 21.1 Å². The number of benzene rings is 2. The first kappa shape index (κ1) is 19.3. The van der Waals surface area contributed by atoms with Crippen LogP contribution in [0.2, 0.25) is 5.02 Å². The molecule has 1 amide bonds. The molecule has 0 spiro atoms. The maximum absolute atomic E-state index is 12.4. The third kappa shape index (κ3) is 5.05. The third-order valence-corrected chi connectivity index (χ3v) is 5.19. The molecule has 7 nitrogen and oxygen atoms in total. The number of carbonyl (C=O) groups is 1. The Kier molecular flexibility index (Phi) is 5.76. The maximum Gasteiger partial charge on any atom is 0.245 e. The molecule has 2 aromatic carbocycles. The Morgan fingerprint density at radius 1 is 1.15 bits per heavy atom. The number of halogens is 1.